The number of rotatable bonds is 1. The summed E-state index contributed by atoms with van der Waals surface area (Å²) in [5.74, 6) is 0.282. The van der Waals surface area contributed by atoms with Crippen LogP contribution in [0.2, 0.25) is 0 Å². The van der Waals surface area contributed by atoms with Crippen LogP contribution in [0.1, 0.15) is 11.8 Å². The summed E-state index contributed by atoms with van der Waals surface area (Å²) < 4.78 is 0.551. The minimum absolute atomic E-state index is 0.282. The van der Waals surface area contributed by atoms with Gasteiger partial charge in [-0.2, -0.15) is 0 Å². The number of aromatic hydroxyl groups is 1. The van der Waals surface area contributed by atoms with Gasteiger partial charge >= 0.3 is 0 Å². The number of hydrogen-bond acceptors (Lipinski definition) is 3. The van der Waals surface area contributed by atoms with Crippen molar-refractivity contribution in [3.05, 3.63) is 20.8 Å². The molecule has 3 heteroatoms. The fraction of sp³-hybridized carbons (Fsp3) is 0.286. The van der Waals surface area contributed by atoms with Crippen molar-refractivity contribution in [1.82, 2.24) is 0 Å². The first kappa shape index (κ1) is 7.69. The Morgan fingerprint density at radius 3 is 2.90 bits per heavy atom. The van der Waals surface area contributed by atoms with E-state index in [0.717, 1.165) is 11.3 Å². The fourth-order valence-electron chi connectivity index (χ4n) is 0.701. The Kier molecular flexibility index (Phi) is 2.40. The fourth-order valence-corrected chi connectivity index (χ4v) is 1.80. The number of aryl methyl sites for hydroxylation is 1. The molecule has 0 saturated carbocycles. The maximum Gasteiger partial charge on any atom is 0.146 e. The molecule has 0 aliphatic rings. The van der Waals surface area contributed by atoms with E-state index in [1.165, 1.54) is 11.3 Å². The molecule has 1 aromatic heterocycles. The summed E-state index contributed by atoms with van der Waals surface area (Å²) >= 11 is 6.40. The molecule has 0 spiro atoms. The van der Waals surface area contributed by atoms with Crippen molar-refractivity contribution in [3.8, 4) is 5.75 Å². The molecule has 0 atom stereocenters. The zero-order valence-electron chi connectivity index (χ0n) is 5.63. The predicted octanol–water partition coefficient (Wildman–Crippen LogP) is 2.75. The third-order valence-electron chi connectivity index (χ3n) is 1.25. The first-order valence-electron chi connectivity index (χ1n) is 3.05. The van der Waals surface area contributed by atoms with Crippen LogP contribution in [0.5, 0.6) is 5.75 Å². The third kappa shape index (κ3) is 1.36. The van der Waals surface area contributed by atoms with Crippen molar-refractivity contribution >= 4 is 23.6 Å². The zero-order chi connectivity index (χ0) is 7.56. The van der Waals surface area contributed by atoms with E-state index in [2.05, 4.69) is 0 Å². The summed E-state index contributed by atoms with van der Waals surface area (Å²) in [6, 6.07) is 1.74. The molecule has 1 aromatic rings. The van der Waals surface area contributed by atoms with E-state index in [9.17, 15) is 5.11 Å². The van der Waals surface area contributed by atoms with Gasteiger partial charge < -0.3 is 5.11 Å². The zero-order valence-corrected chi connectivity index (χ0v) is 7.26. The van der Waals surface area contributed by atoms with Gasteiger partial charge in [0.1, 0.15) is 5.75 Å². The molecule has 0 saturated heterocycles. The maximum atomic E-state index is 9.30. The molecular weight excluding hydrogens is 164 g/mol. The Morgan fingerprint density at radius 2 is 2.40 bits per heavy atom. The lowest BCUT2D eigenvalue weighted by atomic mass is 10.3. The molecule has 10 heavy (non-hydrogen) atoms. The van der Waals surface area contributed by atoms with Gasteiger partial charge in [-0.05, 0) is 17.9 Å². The smallest absolute Gasteiger partial charge is 0.146 e. The SMILES string of the molecule is CCc1sccc(=S)c1O. The molecule has 0 unspecified atom stereocenters. The molecule has 0 radical (unpaired) electrons. The standard InChI is InChI=1S/C7H8OS2/c1-2-6-7(8)5(9)3-4-10-6/h3-4,8H,2H2,1H3. The third-order valence-corrected chi connectivity index (χ3v) is 2.62. The minimum Gasteiger partial charge on any atom is -0.505 e. The van der Waals surface area contributed by atoms with Crippen LogP contribution < -0.4 is 0 Å². The highest BCUT2D eigenvalue weighted by atomic mass is 32.1. The van der Waals surface area contributed by atoms with E-state index in [1.807, 2.05) is 12.3 Å². The largest absolute Gasteiger partial charge is 0.505 e. The molecule has 1 nitrogen and oxygen atoms in total. The van der Waals surface area contributed by atoms with Crippen molar-refractivity contribution in [2.45, 2.75) is 13.3 Å². The van der Waals surface area contributed by atoms with Crippen molar-refractivity contribution in [2.24, 2.45) is 0 Å². The number of hydrogen-bond donors (Lipinski definition) is 1. The van der Waals surface area contributed by atoms with Crippen molar-refractivity contribution < 1.29 is 5.11 Å². The van der Waals surface area contributed by atoms with Gasteiger partial charge in [0.05, 0.1) is 4.51 Å². The van der Waals surface area contributed by atoms with Crippen LogP contribution in [0.15, 0.2) is 11.4 Å². The first-order valence-corrected chi connectivity index (χ1v) is 4.34. The second-order valence-corrected chi connectivity index (χ2v) is 3.35. The summed E-state index contributed by atoms with van der Waals surface area (Å²) in [7, 11) is 0. The van der Waals surface area contributed by atoms with Gasteiger partial charge in [0.15, 0.2) is 0 Å². The molecule has 1 heterocycles. The predicted molar refractivity (Wildman–Crippen MR) is 46.2 cm³/mol. The van der Waals surface area contributed by atoms with E-state index >= 15 is 0 Å². The Labute approximate surface area is 69.0 Å². The van der Waals surface area contributed by atoms with Crippen LogP contribution >= 0.6 is 23.6 Å². The van der Waals surface area contributed by atoms with Gasteiger partial charge in [-0.15, -0.1) is 11.3 Å². The lowest BCUT2D eigenvalue weighted by Gasteiger charge is -1.96. The molecule has 0 aliphatic carbocycles. The Balaban J connectivity index is 3.28. The second-order valence-electron chi connectivity index (χ2n) is 1.91. The Bertz CT molecular complexity index is 277. The average Bonchev–Trinajstić information content (AvgIpc) is 1.95. The van der Waals surface area contributed by atoms with Gasteiger partial charge in [-0.1, -0.05) is 19.1 Å². The molecular formula is C7H8OS2. The average molecular weight is 172 g/mol. The first-order chi connectivity index (χ1) is 4.75. The monoisotopic (exact) mass is 172 g/mol. The quantitative estimate of drug-likeness (QED) is 0.657. The van der Waals surface area contributed by atoms with Gasteiger partial charge in [0.2, 0.25) is 0 Å². The van der Waals surface area contributed by atoms with Crippen LogP contribution in [-0.2, 0) is 6.42 Å². The Hall–Kier alpha value is -0.410. The van der Waals surface area contributed by atoms with E-state index in [0.29, 0.717) is 4.51 Å². The van der Waals surface area contributed by atoms with E-state index in [4.69, 9.17) is 12.2 Å². The summed E-state index contributed by atoms with van der Waals surface area (Å²) in [4.78, 5) is 0.965. The molecule has 1 N–H and O–H groups in total. The molecule has 0 fully saturated rings. The summed E-state index contributed by atoms with van der Waals surface area (Å²) in [5.41, 5.74) is 0. The van der Waals surface area contributed by atoms with Crippen LogP contribution in [0, 0.1) is 4.51 Å². The summed E-state index contributed by atoms with van der Waals surface area (Å²) in [6.07, 6.45) is 0.848. The van der Waals surface area contributed by atoms with Crippen molar-refractivity contribution in [2.75, 3.05) is 0 Å². The normalized spacial score (nSPS) is 9.70. The van der Waals surface area contributed by atoms with Crippen LogP contribution in [0.25, 0.3) is 0 Å². The minimum atomic E-state index is 0.282. The molecule has 0 bridgehead atoms. The molecule has 0 amide bonds. The van der Waals surface area contributed by atoms with E-state index in [1.54, 1.807) is 6.07 Å². The van der Waals surface area contributed by atoms with Gasteiger partial charge in [-0.25, -0.2) is 0 Å². The van der Waals surface area contributed by atoms with Crippen LogP contribution in [-0.4, -0.2) is 5.11 Å². The molecule has 1 rings (SSSR count). The van der Waals surface area contributed by atoms with Crippen molar-refractivity contribution in [1.29, 1.82) is 0 Å². The van der Waals surface area contributed by atoms with Crippen molar-refractivity contribution in [3.63, 3.8) is 0 Å². The highest BCUT2D eigenvalue weighted by Gasteiger charge is 1.98. The van der Waals surface area contributed by atoms with E-state index < -0.39 is 0 Å². The van der Waals surface area contributed by atoms with E-state index in [-0.39, 0.29) is 5.75 Å². The molecule has 54 valence electrons. The highest BCUT2D eigenvalue weighted by Crippen LogP contribution is 2.22. The molecule has 0 aliphatic heterocycles. The van der Waals surface area contributed by atoms with Crippen LogP contribution in [0.4, 0.5) is 0 Å². The van der Waals surface area contributed by atoms with Crippen LogP contribution in [0.3, 0.4) is 0 Å². The lowest BCUT2D eigenvalue weighted by Crippen LogP contribution is -1.76. The highest BCUT2D eigenvalue weighted by molar-refractivity contribution is 7.71. The Morgan fingerprint density at radius 1 is 1.70 bits per heavy atom. The second kappa shape index (κ2) is 3.12. The van der Waals surface area contributed by atoms with Gasteiger partial charge in [0, 0.05) is 4.88 Å². The maximum absolute atomic E-state index is 9.30. The summed E-state index contributed by atoms with van der Waals surface area (Å²) in [6.45, 7) is 2.00. The van der Waals surface area contributed by atoms with Gasteiger partial charge in [0.25, 0.3) is 0 Å². The van der Waals surface area contributed by atoms with Gasteiger partial charge in [-0.3, -0.25) is 0 Å². The summed E-state index contributed by atoms with van der Waals surface area (Å²) in [5, 5.41) is 11.2. The molecule has 0 aromatic carbocycles. The lowest BCUT2D eigenvalue weighted by molar-refractivity contribution is 0.469. The topological polar surface area (TPSA) is 20.2 Å².